The third-order valence-electron chi connectivity index (χ3n) is 7.76. The standard InChI is InChI=1S/C27H33F6N7O3/c1-14(2)23(34-3)25(43)39-6-4-5-20(39)24(42)35-16(9-15-10-18(29)19(30)12-17(15)28)11-22(41)38-7-8-40-21(13-38)36-37-26(40)27(31,32)33/h10,12,14,16,20,23,34H,4-9,11,13H2,1-3H3,(H,35,42). The summed E-state index contributed by atoms with van der Waals surface area (Å²) in [5.74, 6) is -6.59. The lowest BCUT2D eigenvalue weighted by atomic mass is 10.00. The van der Waals surface area contributed by atoms with E-state index >= 15 is 0 Å². The number of alkyl halides is 3. The molecule has 0 radical (unpaired) electrons. The van der Waals surface area contributed by atoms with Crippen LogP contribution in [0, 0.1) is 23.4 Å². The molecule has 1 saturated heterocycles. The van der Waals surface area contributed by atoms with Crippen molar-refractivity contribution in [2.24, 2.45) is 5.92 Å². The molecule has 4 rings (SSSR count). The fourth-order valence-corrected chi connectivity index (χ4v) is 5.60. The molecule has 3 amide bonds. The molecule has 0 spiro atoms. The molecule has 43 heavy (non-hydrogen) atoms. The zero-order valence-electron chi connectivity index (χ0n) is 23.8. The monoisotopic (exact) mass is 617 g/mol. The smallest absolute Gasteiger partial charge is 0.351 e. The Bertz CT molecular complexity index is 1370. The van der Waals surface area contributed by atoms with Gasteiger partial charge in [-0.1, -0.05) is 13.8 Å². The van der Waals surface area contributed by atoms with Gasteiger partial charge in [-0.3, -0.25) is 14.4 Å². The number of likely N-dealkylation sites (N-methyl/N-ethyl adjacent to an activating group) is 1. The predicted molar refractivity (Wildman–Crippen MR) is 139 cm³/mol. The van der Waals surface area contributed by atoms with E-state index < -0.39 is 72.2 Å². The van der Waals surface area contributed by atoms with Gasteiger partial charge in [0.25, 0.3) is 0 Å². The number of hydrogen-bond donors (Lipinski definition) is 2. The molecule has 16 heteroatoms. The van der Waals surface area contributed by atoms with Gasteiger partial charge in [-0.15, -0.1) is 10.2 Å². The number of aromatic nitrogens is 3. The van der Waals surface area contributed by atoms with Gasteiger partial charge in [0, 0.05) is 38.2 Å². The van der Waals surface area contributed by atoms with Crippen LogP contribution in [0.25, 0.3) is 0 Å². The first kappa shape index (κ1) is 32.2. The van der Waals surface area contributed by atoms with Crippen LogP contribution in [-0.2, 0) is 40.1 Å². The SMILES string of the molecule is CNC(C(=O)N1CCCC1C(=O)NC(CC(=O)N1CCn2c(nnc2C(F)(F)F)C1)Cc1cc(F)c(F)cc1F)C(C)C. The Morgan fingerprint density at radius 2 is 1.72 bits per heavy atom. The maximum absolute atomic E-state index is 14.6. The molecule has 0 aliphatic carbocycles. The lowest BCUT2D eigenvalue weighted by Crippen LogP contribution is -2.55. The predicted octanol–water partition coefficient (Wildman–Crippen LogP) is 2.41. The van der Waals surface area contributed by atoms with E-state index in [0.29, 0.717) is 31.5 Å². The van der Waals surface area contributed by atoms with E-state index in [0.717, 1.165) is 4.57 Å². The average molecular weight is 618 g/mol. The topological polar surface area (TPSA) is 112 Å². The molecule has 0 saturated carbocycles. The van der Waals surface area contributed by atoms with Gasteiger partial charge in [-0.25, -0.2) is 13.2 Å². The Kier molecular flexibility index (Phi) is 9.66. The summed E-state index contributed by atoms with van der Waals surface area (Å²) in [6.45, 7) is 3.42. The van der Waals surface area contributed by atoms with E-state index in [1.54, 1.807) is 7.05 Å². The van der Waals surface area contributed by atoms with Crippen molar-refractivity contribution >= 4 is 17.7 Å². The third kappa shape index (κ3) is 7.11. The Hall–Kier alpha value is -3.69. The number of nitrogens with zero attached hydrogens (tertiary/aromatic N) is 5. The van der Waals surface area contributed by atoms with Crippen LogP contribution >= 0.6 is 0 Å². The van der Waals surface area contributed by atoms with Gasteiger partial charge in [-0.05, 0) is 43.9 Å². The molecule has 3 atom stereocenters. The van der Waals surface area contributed by atoms with E-state index in [2.05, 4.69) is 20.8 Å². The number of halogens is 6. The summed E-state index contributed by atoms with van der Waals surface area (Å²) in [4.78, 5) is 42.6. The van der Waals surface area contributed by atoms with Crippen LogP contribution < -0.4 is 10.6 Å². The van der Waals surface area contributed by atoms with Gasteiger partial charge in [-0.2, -0.15) is 13.2 Å². The summed E-state index contributed by atoms with van der Waals surface area (Å²) < 4.78 is 82.6. The third-order valence-corrected chi connectivity index (χ3v) is 7.76. The van der Waals surface area contributed by atoms with Gasteiger partial charge in [0.15, 0.2) is 17.5 Å². The highest BCUT2D eigenvalue weighted by molar-refractivity contribution is 5.91. The Morgan fingerprint density at radius 3 is 2.37 bits per heavy atom. The summed E-state index contributed by atoms with van der Waals surface area (Å²) in [7, 11) is 1.64. The number of carbonyl (C=O) groups excluding carboxylic acids is 3. The Morgan fingerprint density at radius 1 is 1.02 bits per heavy atom. The average Bonchev–Trinajstić information content (AvgIpc) is 3.59. The maximum atomic E-state index is 14.6. The molecule has 2 N–H and O–H groups in total. The highest BCUT2D eigenvalue weighted by atomic mass is 19.4. The van der Waals surface area contributed by atoms with Crippen LogP contribution in [0.1, 0.15) is 50.3 Å². The summed E-state index contributed by atoms with van der Waals surface area (Å²) >= 11 is 0. The van der Waals surface area contributed by atoms with Gasteiger partial charge in [0.1, 0.15) is 11.9 Å². The molecule has 1 fully saturated rings. The van der Waals surface area contributed by atoms with E-state index in [9.17, 15) is 40.7 Å². The first-order valence-corrected chi connectivity index (χ1v) is 13.9. The van der Waals surface area contributed by atoms with Gasteiger partial charge >= 0.3 is 6.18 Å². The van der Waals surface area contributed by atoms with Crippen LogP contribution in [0.2, 0.25) is 0 Å². The summed E-state index contributed by atoms with van der Waals surface area (Å²) in [5, 5.41) is 12.4. The van der Waals surface area contributed by atoms with E-state index in [1.807, 2.05) is 13.8 Å². The molecule has 10 nitrogen and oxygen atoms in total. The number of hydrogen-bond acceptors (Lipinski definition) is 6. The Labute approximate surface area is 243 Å². The first-order valence-electron chi connectivity index (χ1n) is 13.9. The summed E-state index contributed by atoms with van der Waals surface area (Å²) in [6, 6.07) is -1.53. The number of nitrogens with one attached hydrogen (secondary N) is 2. The zero-order valence-corrected chi connectivity index (χ0v) is 23.8. The quantitative estimate of drug-likeness (QED) is 0.330. The molecule has 2 aromatic rings. The van der Waals surface area contributed by atoms with Crippen LogP contribution in [-0.4, -0.2) is 80.5 Å². The van der Waals surface area contributed by atoms with E-state index in [-0.39, 0.29) is 42.8 Å². The van der Waals surface area contributed by atoms with Crippen molar-refractivity contribution < 1.29 is 40.7 Å². The van der Waals surface area contributed by atoms with Crippen molar-refractivity contribution in [3.63, 3.8) is 0 Å². The van der Waals surface area contributed by atoms with Gasteiger partial charge in [0.2, 0.25) is 23.5 Å². The van der Waals surface area contributed by atoms with Gasteiger partial charge in [0.05, 0.1) is 12.6 Å². The number of fused-ring (bicyclic) bond motifs is 1. The molecular formula is C27H33F6N7O3. The highest BCUT2D eigenvalue weighted by Crippen LogP contribution is 2.30. The van der Waals surface area contributed by atoms with Crippen LogP contribution in [0.5, 0.6) is 0 Å². The summed E-state index contributed by atoms with van der Waals surface area (Å²) in [5.41, 5.74) is -0.292. The molecule has 3 heterocycles. The molecule has 1 aromatic heterocycles. The van der Waals surface area contributed by atoms with E-state index in [1.165, 1.54) is 9.80 Å². The van der Waals surface area contributed by atoms with Crippen LogP contribution in [0.3, 0.4) is 0 Å². The van der Waals surface area contributed by atoms with Crippen molar-refractivity contribution in [2.45, 2.75) is 76.9 Å². The molecule has 0 bridgehead atoms. The van der Waals surface area contributed by atoms with Gasteiger partial charge < -0.3 is 25.0 Å². The zero-order chi connectivity index (χ0) is 31.6. The van der Waals surface area contributed by atoms with Crippen LogP contribution in [0.15, 0.2) is 12.1 Å². The molecule has 2 aliphatic heterocycles. The highest BCUT2D eigenvalue weighted by Gasteiger charge is 2.41. The van der Waals surface area contributed by atoms with Crippen molar-refractivity contribution in [1.82, 2.24) is 35.2 Å². The molecule has 2 aliphatic rings. The van der Waals surface area contributed by atoms with Crippen molar-refractivity contribution in [3.05, 3.63) is 46.8 Å². The molecule has 1 aromatic carbocycles. The Balaban J connectivity index is 1.53. The number of likely N-dealkylation sites (tertiary alicyclic amines) is 1. The lowest BCUT2D eigenvalue weighted by Gasteiger charge is -2.32. The molecule has 236 valence electrons. The fourth-order valence-electron chi connectivity index (χ4n) is 5.60. The van der Waals surface area contributed by atoms with Crippen molar-refractivity contribution in [2.75, 3.05) is 20.1 Å². The minimum atomic E-state index is -4.72. The van der Waals surface area contributed by atoms with Crippen molar-refractivity contribution in [1.29, 1.82) is 0 Å². The molecular weight excluding hydrogens is 584 g/mol. The second kappa shape index (κ2) is 12.9. The lowest BCUT2D eigenvalue weighted by molar-refractivity contribution is -0.148. The first-order chi connectivity index (χ1) is 20.2. The number of carbonyl (C=O) groups is 3. The largest absolute Gasteiger partial charge is 0.451 e. The maximum Gasteiger partial charge on any atom is 0.451 e. The number of rotatable bonds is 9. The van der Waals surface area contributed by atoms with E-state index in [4.69, 9.17) is 0 Å². The second-order valence-corrected chi connectivity index (χ2v) is 11.1. The summed E-state index contributed by atoms with van der Waals surface area (Å²) in [6.07, 6.45) is -4.66. The van der Waals surface area contributed by atoms with Crippen molar-refractivity contribution in [3.8, 4) is 0 Å². The number of benzene rings is 1. The molecule has 3 unspecified atom stereocenters. The second-order valence-electron chi connectivity index (χ2n) is 11.1. The normalized spacial score (nSPS) is 18.5. The minimum Gasteiger partial charge on any atom is -0.351 e. The number of amides is 3. The van der Waals surface area contributed by atoms with Crippen LogP contribution in [0.4, 0.5) is 26.3 Å². The fraction of sp³-hybridized carbons (Fsp3) is 0.593. The minimum absolute atomic E-state index is 0.0638.